The van der Waals surface area contributed by atoms with Crippen LogP contribution < -0.4 is 10.6 Å². The van der Waals surface area contributed by atoms with E-state index in [1.54, 1.807) is 25.4 Å². The van der Waals surface area contributed by atoms with Gasteiger partial charge in [0.15, 0.2) is 5.65 Å². The Morgan fingerprint density at radius 3 is 2.75 bits per heavy atom. The number of hydrogen-bond donors (Lipinski definition) is 4. The molecule has 1 unspecified atom stereocenters. The van der Waals surface area contributed by atoms with Gasteiger partial charge in [-0.1, -0.05) is 11.6 Å². The van der Waals surface area contributed by atoms with Crippen molar-refractivity contribution in [2.45, 2.75) is 45.1 Å². The van der Waals surface area contributed by atoms with Crippen molar-refractivity contribution in [2.24, 2.45) is 0 Å². The lowest BCUT2D eigenvalue weighted by atomic mass is 10.0. The highest BCUT2D eigenvalue weighted by Crippen LogP contribution is 2.27. The highest BCUT2D eigenvalue weighted by Gasteiger charge is 2.27. The first kappa shape index (κ1) is 23.8. The minimum Gasteiger partial charge on any atom is -0.393 e. The molecule has 0 aromatic carbocycles. The number of nitrogens with one attached hydrogen (secondary N) is 2. The average molecular weight is 465 g/mol. The summed E-state index contributed by atoms with van der Waals surface area (Å²) < 4.78 is 15.6. The fraction of sp³-hybridized carbons (Fsp3) is 0.429. The molecule has 0 aliphatic heterocycles. The summed E-state index contributed by atoms with van der Waals surface area (Å²) in [7, 11) is 0. The van der Waals surface area contributed by atoms with Gasteiger partial charge in [-0.3, -0.25) is 9.78 Å². The number of nitrogens with zero attached hydrogens (tertiary/aromatic N) is 4. The molecule has 0 bridgehead atoms. The van der Waals surface area contributed by atoms with Gasteiger partial charge in [-0.2, -0.15) is 5.10 Å². The fourth-order valence-electron chi connectivity index (χ4n) is 2.91. The summed E-state index contributed by atoms with van der Waals surface area (Å²) in [5, 5.41) is 29.6. The number of amides is 1. The van der Waals surface area contributed by atoms with Crippen molar-refractivity contribution in [1.29, 1.82) is 0 Å². The van der Waals surface area contributed by atoms with Crippen molar-refractivity contribution in [2.75, 3.05) is 18.4 Å². The molecule has 9 nitrogen and oxygen atoms in total. The van der Waals surface area contributed by atoms with Crippen molar-refractivity contribution in [3.63, 3.8) is 0 Å². The number of anilines is 1. The molecular formula is C21H26ClFN6O3. The molecule has 2 atom stereocenters. The summed E-state index contributed by atoms with van der Waals surface area (Å²) in [6.45, 7) is 4.39. The van der Waals surface area contributed by atoms with Gasteiger partial charge in [0.2, 0.25) is 0 Å². The monoisotopic (exact) mass is 464 g/mol. The number of halogens is 2. The second-order valence-corrected chi connectivity index (χ2v) is 8.55. The average Bonchev–Trinajstić information content (AvgIpc) is 3.13. The van der Waals surface area contributed by atoms with Crippen molar-refractivity contribution in [3.05, 3.63) is 41.4 Å². The number of aliphatic hydroxyl groups excluding tert-OH is 1. The number of alkyl halides is 1. The van der Waals surface area contributed by atoms with Gasteiger partial charge < -0.3 is 20.8 Å². The van der Waals surface area contributed by atoms with Crippen molar-refractivity contribution < 1.29 is 19.4 Å². The number of hydrogen-bond acceptors (Lipinski definition) is 7. The predicted octanol–water partition coefficient (Wildman–Crippen LogP) is 2.47. The number of fused-ring (bicyclic) bond motifs is 1. The predicted molar refractivity (Wildman–Crippen MR) is 120 cm³/mol. The van der Waals surface area contributed by atoms with E-state index in [2.05, 4.69) is 25.7 Å². The largest absolute Gasteiger partial charge is 0.393 e. The third-order valence-corrected chi connectivity index (χ3v) is 5.03. The lowest BCUT2D eigenvalue weighted by Gasteiger charge is -2.22. The molecule has 0 saturated heterocycles. The molecule has 0 aliphatic rings. The fourth-order valence-corrected chi connectivity index (χ4v) is 3.05. The van der Waals surface area contributed by atoms with Crippen molar-refractivity contribution in [1.82, 2.24) is 24.9 Å². The Kier molecular flexibility index (Phi) is 7.27. The molecule has 3 aromatic rings. The Balaban J connectivity index is 1.90. The molecule has 3 heterocycles. The number of pyridine rings is 1. The summed E-state index contributed by atoms with van der Waals surface area (Å²) in [4.78, 5) is 21.4. The minimum absolute atomic E-state index is 0.203. The van der Waals surface area contributed by atoms with Gasteiger partial charge in [0, 0.05) is 18.9 Å². The standard InChI is InChI=1S/C21H26ClFN6O3/c1-12(30)4-5-24-17-6-16(14-9-28-29-11-13(22)7-26-19(14)29)25-8-15(17)20(31)27-10-18(23)21(2,3)32/h6-9,11-12,18,30,32H,4-5,10H2,1-3H3,(H,24,25)(H,27,31)/t12?,18-/m1/s1. The molecule has 0 aliphatic carbocycles. The first-order valence-corrected chi connectivity index (χ1v) is 10.5. The van der Waals surface area contributed by atoms with Crippen LogP contribution in [0.5, 0.6) is 0 Å². The Morgan fingerprint density at radius 1 is 1.31 bits per heavy atom. The van der Waals surface area contributed by atoms with Crippen LogP contribution in [0.1, 0.15) is 37.6 Å². The molecule has 0 spiro atoms. The normalized spacial score (nSPS) is 13.7. The zero-order valence-electron chi connectivity index (χ0n) is 18.0. The smallest absolute Gasteiger partial charge is 0.255 e. The molecule has 32 heavy (non-hydrogen) atoms. The quantitative estimate of drug-likeness (QED) is 0.383. The second kappa shape index (κ2) is 9.76. The maximum absolute atomic E-state index is 14.1. The van der Waals surface area contributed by atoms with Crippen LogP contribution in [0.15, 0.2) is 30.9 Å². The van der Waals surface area contributed by atoms with Crippen LogP contribution >= 0.6 is 11.6 Å². The number of rotatable bonds is 9. The maximum atomic E-state index is 14.1. The molecule has 0 saturated carbocycles. The van der Waals surface area contributed by atoms with E-state index in [4.69, 9.17) is 11.6 Å². The van der Waals surface area contributed by atoms with Gasteiger partial charge in [-0.05, 0) is 33.3 Å². The molecule has 0 radical (unpaired) electrons. The Bertz CT molecular complexity index is 1100. The summed E-state index contributed by atoms with van der Waals surface area (Å²) in [6.07, 6.45) is 4.40. The van der Waals surface area contributed by atoms with Crippen molar-refractivity contribution in [3.8, 4) is 11.3 Å². The highest BCUT2D eigenvalue weighted by atomic mass is 35.5. The van der Waals surface area contributed by atoms with Crippen LogP contribution in [0.3, 0.4) is 0 Å². The molecular weight excluding hydrogens is 439 g/mol. The molecule has 172 valence electrons. The SMILES string of the molecule is CC(O)CCNc1cc(-c2cnn3cc(Cl)cnc23)ncc1C(=O)NC[C@@H](F)C(C)(C)O. The van der Waals surface area contributed by atoms with Crippen LogP contribution in [-0.2, 0) is 0 Å². The van der Waals surface area contributed by atoms with Crippen molar-refractivity contribution >= 4 is 28.8 Å². The van der Waals surface area contributed by atoms with Gasteiger partial charge in [0.1, 0.15) is 6.17 Å². The topological polar surface area (TPSA) is 125 Å². The molecule has 3 rings (SSSR count). The molecule has 4 N–H and O–H groups in total. The van der Waals surface area contributed by atoms with Gasteiger partial charge in [-0.15, -0.1) is 0 Å². The van der Waals surface area contributed by atoms with Gasteiger partial charge >= 0.3 is 0 Å². The molecule has 11 heteroatoms. The van der Waals surface area contributed by atoms with E-state index in [-0.39, 0.29) is 12.1 Å². The van der Waals surface area contributed by atoms with E-state index in [0.717, 1.165) is 0 Å². The number of carbonyl (C=O) groups excluding carboxylic acids is 1. The van der Waals surface area contributed by atoms with E-state index >= 15 is 0 Å². The van der Waals surface area contributed by atoms with E-state index in [1.165, 1.54) is 30.8 Å². The summed E-state index contributed by atoms with van der Waals surface area (Å²) in [5.74, 6) is -0.541. The second-order valence-electron chi connectivity index (χ2n) is 8.11. The Labute approximate surface area is 189 Å². The lowest BCUT2D eigenvalue weighted by molar-refractivity contribution is -0.00177. The minimum atomic E-state index is -1.64. The molecule has 3 aromatic heterocycles. The Hall–Kier alpha value is -2.82. The van der Waals surface area contributed by atoms with Gasteiger partial charge in [-0.25, -0.2) is 13.9 Å². The number of aliphatic hydroxyl groups is 2. The summed E-state index contributed by atoms with van der Waals surface area (Å²) in [6, 6.07) is 1.67. The van der Waals surface area contributed by atoms with Crippen LogP contribution in [-0.4, -0.2) is 66.7 Å². The van der Waals surface area contributed by atoms with E-state index in [0.29, 0.717) is 40.6 Å². The molecule has 0 fully saturated rings. The number of carbonyl (C=O) groups is 1. The zero-order chi connectivity index (χ0) is 23.5. The van der Waals surface area contributed by atoms with Crippen LogP contribution in [0.4, 0.5) is 10.1 Å². The lowest BCUT2D eigenvalue weighted by Crippen LogP contribution is -2.42. The summed E-state index contributed by atoms with van der Waals surface area (Å²) >= 11 is 5.96. The van der Waals surface area contributed by atoms with E-state index in [1.807, 2.05) is 0 Å². The number of aromatic nitrogens is 4. The Morgan fingerprint density at radius 2 is 2.06 bits per heavy atom. The zero-order valence-corrected chi connectivity index (χ0v) is 18.8. The molecule has 1 amide bonds. The first-order valence-electron chi connectivity index (χ1n) is 10.1. The van der Waals surface area contributed by atoms with Crippen LogP contribution in [0.2, 0.25) is 5.02 Å². The third-order valence-electron chi connectivity index (χ3n) is 4.84. The van der Waals surface area contributed by atoms with Crippen LogP contribution in [0.25, 0.3) is 16.9 Å². The van der Waals surface area contributed by atoms with Crippen LogP contribution in [0, 0.1) is 0 Å². The highest BCUT2D eigenvalue weighted by molar-refractivity contribution is 6.30. The van der Waals surface area contributed by atoms with Gasteiger partial charge in [0.05, 0.1) is 58.2 Å². The van der Waals surface area contributed by atoms with E-state index < -0.39 is 23.8 Å². The van der Waals surface area contributed by atoms with E-state index in [9.17, 15) is 19.4 Å². The third kappa shape index (κ3) is 5.70. The summed E-state index contributed by atoms with van der Waals surface area (Å²) in [5.41, 5.74) is 0.783. The maximum Gasteiger partial charge on any atom is 0.255 e. The van der Waals surface area contributed by atoms with Gasteiger partial charge in [0.25, 0.3) is 5.91 Å². The first-order chi connectivity index (χ1) is 15.1.